The summed E-state index contributed by atoms with van der Waals surface area (Å²) in [4.78, 5) is 164. The van der Waals surface area contributed by atoms with Crippen molar-refractivity contribution in [3.63, 3.8) is 0 Å². The van der Waals surface area contributed by atoms with Crippen molar-refractivity contribution in [3.05, 3.63) is 0 Å². The van der Waals surface area contributed by atoms with Gasteiger partial charge in [0.05, 0.1) is 13.2 Å². The first kappa shape index (κ1) is 69.1. The van der Waals surface area contributed by atoms with E-state index in [4.69, 9.17) is 15.2 Å². The van der Waals surface area contributed by atoms with E-state index in [0.29, 0.717) is 6.42 Å². The normalized spacial score (nSPS) is 13.2. The summed E-state index contributed by atoms with van der Waals surface area (Å²) in [7, 11) is 2.30. The van der Waals surface area contributed by atoms with Gasteiger partial charge in [0.25, 0.3) is 0 Å². The molecule has 0 fully saturated rings. The minimum absolute atomic E-state index is 0.0303. The fourth-order valence-electron chi connectivity index (χ4n) is 7.80. The molecule has 0 aliphatic rings. The minimum Gasteiger partial charge on any atom is -0.480 e. The third kappa shape index (κ3) is 30.5. The van der Waals surface area contributed by atoms with Gasteiger partial charge in [-0.25, -0.2) is 28.8 Å². The van der Waals surface area contributed by atoms with Crippen molar-refractivity contribution >= 4 is 77.2 Å². The zero-order chi connectivity index (χ0) is 57.8. The molecule has 26 heteroatoms. The summed E-state index contributed by atoms with van der Waals surface area (Å²) >= 11 is 0. The van der Waals surface area contributed by atoms with Crippen LogP contribution >= 0.6 is 0 Å². The summed E-state index contributed by atoms with van der Waals surface area (Å²) in [6.07, 6.45) is 6.61. The smallest absolute Gasteiger partial charge is 0.328 e. The zero-order valence-corrected chi connectivity index (χ0v) is 44.7. The van der Waals surface area contributed by atoms with Crippen LogP contribution in [0.1, 0.15) is 175 Å². The number of ether oxygens (including phenoxy) is 2. The predicted molar refractivity (Wildman–Crippen MR) is 270 cm³/mol. The van der Waals surface area contributed by atoms with Gasteiger partial charge >= 0.3 is 35.8 Å². The number of nitrogens with one attached hydrogen (secondary N) is 4. The number of nitrogens with zero attached hydrogens (tertiary/aromatic N) is 2. The molecule has 0 aromatic rings. The Balaban J connectivity index is 5.38. The monoisotopic (exact) mass is 1090 g/mol. The average molecular weight is 1090 g/mol. The van der Waals surface area contributed by atoms with Gasteiger partial charge in [0.1, 0.15) is 36.3 Å². The first-order valence-electron chi connectivity index (χ1n) is 26.1. The molecule has 6 atom stereocenters. The number of carbonyl (C=O) groups is 13. The van der Waals surface area contributed by atoms with Gasteiger partial charge in [-0.05, 0) is 58.8 Å². The Morgan fingerprint density at radius 3 is 1.13 bits per heavy atom. The number of unbranched alkanes of at least 4 members (excludes halogenated alkanes) is 10. The molecule has 0 spiro atoms. The molecule has 10 N–H and O–H groups in total. The molecule has 76 heavy (non-hydrogen) atoms. The van der Waals surface area contributed by atoms with Crippen LogP contribution < -0.4 is 27.0 Å². The van der Waals surface area contributed by atoms with E-state index >= 15 is 0 Å². The number of esters is 2. The summed E-state index contributed by atoms with van der Waals surface area (Å²) in [6, 6.07) is -9.02. The number of carbonyl (C=O) groups excluding carboxylic acids is 9. The van der Waals surface area contributed by atoms with Crippen molar-refractivity contribution in [1.29, 1.82) is 0 Å². The number of carboxylic acids is 4. The zero-order valence-electron chi connectivity index (χ0n) is 44.7. The molecule has 0 aliphatic heterocycles. The van der Waals surface area contributed by atoms with Crippen molar-refractivity contribution in [2.75, 3.05) is 27.3 Å². The van der Waals surface area contributed by atoms with Gasteiger partial charge in [-0.2, -0.15) is 0 Å². The van der Waals surface area contributed by atoms with Gasteiger partial charge in [-0.1, -0.05) is 71.1 Å². The van der Waals surface area contributed by atoms with E-state index in [1.807, 2.05) is 0 Å². The lowest BCUT2D eigenvalue weighted by Gasteiger charge is -2.29. The van der Waals surface area contributed by atoms with E-state index < -0.39 is 171 Å². The highest BCUT2D eigenvalue weighted by Gasteiger charge is 2.34. The van der Waals surface area contributed by atoms with Crippen LogP contribution in [0.15, 0.2) is 0 Å². The Morgan fingerprint density at radius 1 is 0.395 bits per heavy atom. The van der Waals surface area contributed by atoms with Crippen LogP contribution in [0.3, 0.4) is 0 Å². The largest absolute Gasteiger partial charge is 0.480 e. The van der Waals surface area contributed by atoms with E-state index in [1.54, 1.807) is 0 Å². The van der Waals surface area contributed by atoms with Crippen LogP contribution in [0.25, 0.3) is 0 Å². The van der Waals surface area contributed by atoms with Gasteiger partial charge in [0.2, 0.25) is 41.4 Å². The van der Waals surface area contributed by atoms with Gasteiger partial charge in [-0.15, -0.1) is 0 Å². The molecule has 0 bridgehead atoms. The van der Waals surface area contributed by atoms with Crippen LogP contribution in [0.4, 0.5) is 0 Å². The number of primary amides is 1. The summed E-state index contributed by atoms with van der Waals surface area (Å²) in [5.74, 6) is -13.3. The topological polar surface area (TPSA) is 402 Å². The van der Waals surface area contributed by atoms with Crippen LogP contribution in [0, 0.1) is 0 Å². The van der Waals surface area contributed by atoms with E-state index in [9.17, 15) is 82.8 Å². The molecule has 7 amide bonds. The van der Waals surface area contributed by atoms with Crippen molar-refractivity contribution in [1.82, 2.24) is 31.1 Å². The number of amides is 7. The van der Waals surface area contributed by atoms with Crippen LogP contribution in [0.2, 0.25) is 0 Å². The summed E-state index contributed by atoms with van der Waals surface area (Å²) < 4.78 is 9.97. The highest BCUT2D eigenvalue weighted by atomic mass is 16.5. The molecule has 0 aromatic heterocycles. The van der Waals surface area contributed by atoms with Crippen molar-refractivity contribution < 1.29 is 92.2 Å². The first-order chi connectivity index (χ1) is 35.9. The number of rotatable bonds is 44. The van der Waals surface area contributed by atoms with Crippen LogP contribution in [0.5, 0.6) is 0 Å². The molecule has 0 aliphatic carbocycles. The standard InChI is InChI=1S/C50H83N7O19/c1-6-9-10-11-12-13-14-15-16-17-18-19-39(59)52-32(45(65)66)21-27-40(60)54-34(47(69)70)23-30-43(63)57(5)37(50(74)76-8-3)25-31-44(64)56(4)36(48(71)72)24-29-42(62)53-33(46(67)68)22-28-41(61)55-35(20-26-38(51)58)49(73)75-7-2/h32-37H,6-31H2,1-5H3,(H2,51,58)(H,52,59)(H,53,62)(H,54,60)(H,55,61)(H,65,66)(H,67,68)(H,69,70)(H,71,72). The third-order valence-corrected chi connectivity index (χ3v) is 12.3. The Kier molecular flexibility index (Phi) is 35.9. The summed E-state index contributed by atoms with van der Waals surface area (Å²) in [5, 5.41) is 48.3. The molecule has 0 saturated carbocycles. The van der Waals surface area contributed by atoms with Crippen LogP contribution in [-0.4, -0.2) is 171 Å². The van der Waals surface area contributed by atoms with Crippen molar-refractivity contribution in [2.45, 2.75) is 211 Å². The third-order valence-electron chi connectivity index (χ3n) is 12.3. The number of aliphatic carboxylic acids is 4. The number of likely N-dealkylation sites (N-methyl/N-ethyl adjacent to an activating group) is 2. The van der Waals surface area contributed by atoms with Gasteiger partial charge in [0.15, 0.2) is 0 Å². The molecule has 0 radical (unpaired) electrons. The number of hydrogen-bond acceptors (Lipinski definition) is 15. The van der Waals surface area contributed by atoms with E-state index in [0.717, 1.165) is 42.5 Å². The second-order valence-corrected chi connectivity index (χ2v) is 18.4. The van der Waals surface area contributed by atoms with E-state index in [2.05, 4.69) is 28.2 Å². The summed E-state index contributed by atoms with van der Waals surface area (Å²) in [5.41, 5.74) is 5.13. The Hall–Kier alpha value is -6.89. The maximum Gasteiger partial charge on any atom is 0.328 e. The first-order valence-corrected chi connectivity index (χ1v) is 26.1. The van der Waals surface area contributed by atoms with Gasteiger partial charge in [-0.3, -0.25) is 33.6 Å². The molecule has 0 saturated heterocycles. The maximum atomic E-state index is 13.4. The number of nitrogens with two attached hydrogens (primary N) is 1. The van der Waals surface area contributed by atoms with Crippen LogP contribution in [-0.2, 0) is 71.8 Å². The fraction of sp³-hybridized carbons (Fsp3) is 0.740. The van der Waals surface area contributed by atoms with Gasteiger partial charge in [0, 0.05) is 59.0 Å². The number of carboxylic acid groups (broad SMARTS) is 4. The van der Waals surface area contributed by atoms with Gasteiger partial charge < -0.3 is 66.7 Å². The fourth-order valence-corrected chi connectivity index (χ4v) is 7.80. The SMILES string of the molecule is CCCCCCCCCCCCCC(=O)NC(CCC(=O)NC(CCC(=O)N(C)C(CCC(=O)N(C)C(CCC(=O)NC(CCC(=O)NC(CCC(N)=O)C(=O)OCC)C(=O)O)C(=O)O)C(=O)OCC)C(=O)O)C(=O)O. The average Bonchev–Trinajstić information content (AvgIpc) is 3.35. The molecule has 0 rings (SSSR count). The van der Waals surface area contributed by atoms with Crippen molar-refractivity contribution in [3.8, 4) is 0 Å². The Morgan fingerprint density at radius 2 is 0.724 bits per heavy atom. The lowest BCUT2D eigenvalue weighted by Crippen LogP contribution is -2.47. The molecule has 0 heterocycles. The van der Waals surface area contributed by atoms with E-state index in [-0.39, 0.29) is 38.9 Å². The molecule has 6 unspecified atom stereocenters. The minimum atomic E-state index is -1.64. The summed E-state index contributed by atoms with van der Waals surface area (Å²) in [6.45, 7) is 5.00. The molecular formula is C50H83N7O19. The van der Waals surface area contributed by atoms with Crippen molar-refractivity contribution in [2.24, 2.45) is 5.73 Å². The Labute approximate surface area is 443 Å². The quantitative estimate of drug-likeness (QED) is 0.0311. The molecule has 432 valence electrons. The number of hydrogen-bond donors (Lipinski definition) is 9. The second kappa shape index (κ2) is 39.5. The lowest BCUT2D eigenvalue weighted by atomic mass is 10.0. The maximum absolute atomic E-state index is 13.4. The lowest BCUT2D eigenvalue weighted by molar-refractivity contribution is -0.155. The molecule has 26 nitrogen and oxygen atoms in total. The predicted octanol–water partition coefficient (Wildman–Crippen LogP) is 1.91. The van der Waals surface area contributed by atoms with E-state index in [1.165, 1.54) is 59.4 Å². The molecular weight excluding hydrogens is 1000 g/mol. The molecule has 0 aromatic carbocycles. The highest BCUT2D eigenvalue weighted by Crippen LogP contribution is 2.17. The Bertz CT molecular complexity index is 1930. The highest BCUT2D eigenvalue weighted by molar-refractivity contribution is 5.90. The second-order valence-electron chi connectivity index (χ2n) is 18.4.